The van der Waals surface area contributed by atoms with E-state index < -0.39 is 0 Å². The average Bonchev–Trinajstić information content (AvgIpc) is 2.81. The van der Waals surface area contributed by atoms with E-state index in [0.29, 0.717) is 5.92 Å². The molecule has 3 rings (SSSR count). The van der Waals surface area contributed by atoms with Gasteiger partial charge in [0.25, 0.3) is 0 Å². The second kappa shape index (κ2) is 4.77. The summed E-state index contributed by atoms with van der Waals surface area (Å²) in [6, 6.07) is 8.69. The maximum absolute atomic E-state index is 6.25. The van der Waals surface area contributed by atoms with Crippen molar-refractivity contribution in [1.82, 2.24) is 0 Å². The molecule has 1 nitrogen and oxygen atoms in total. The van der Waals surface area contributed by atoms with Crippen LogP contribution in [0.15, 0.2) is 35.3 Å². The van der Waals surface area contributed by atoms with Gasteiger partial charge in [-0.3, -0.25) is 0 Å². The van der Waals surface area contributed by atoms with E-state index in [1.54, 1.807) is 0 Å². The Hall–Kier alpha value is -2.02. The molecule has 1 heterocycles. The van der Waals surface area contributed by atoms with Crippen LogP contribution in [0.5, 0.6) is 0 Å². The lowest BCUT2D eigenvalue weighted by molar-refractivity contribution is 0.662. The molecule has 108 valence electrons. The molecule has 0 fully saturated rings. The molecule has 0 aliphatic carbocycles. The lowest BCUT2D eigenvalue weighted by Gasteiger charge is -2.10. The van der Waals surface area contributed by atoms with Crippen LogP contribution in [-0.2, 0) is 0 Å². The van der Waals surface area contributed by atoms with Crippen molar-refractivity contribution in [2.24, 2.45) is 0 Å². The van der Waals surface area contributed by atoms with Gasteiger partial charge in [0.05, 0.1) is 0 Å². The van der Waals surface area contributed by atoms with Crippen LogP contribution in [0, 0.1) is 13.8 Å². The molecule has 0 radical (unpaired) electrons. The number of benzene rings is 2. The molecule has 2 aromatic carbocycles. The number of aryl methyl sites for hydroxylation is 2. The van der Waals surface area contributed by atoms with Crippen molar-refractivity contribution in [1.29, 1.82) is 0 Å². The summed E-state index contributed by atoms with van der Waals surface area (Å²) in [5, 5.41) is 2.49. The fourth-order valence-electron chi connectivity index (χ4n) is 3.10. The molecule has 0 spiro atoms. The number of allylic oxidation sites excluding steroid dienone is 1. The quantitative estimate of drug-likeness (QED) is 0.531. The number of furan rings is 1. The molecule has 0 bridgehead atoms. The summed E-state index contributed by atoms with van der Waals surface area (Å²) in [7, 11) is 0. The highest BCUT2D eigenvalue weighted by molar-refractivity contribution is 6.13. The van der Waals surface area contributed by atoms with E-state index in [1.165, 1.54) is 33.0 Å². The van der Waals surface area contributed by atoms with Crippen molar-refractivity contribution in [3.05, 3.63) is 53.1 Å². The van der Waals surface area contributed by atoms with E-state index in [4.69, 9.17) is 4.42 Å². The van der Waals surface area contributed by atoms with Gasteiger partial charge < -0.3 is 4.42 Å². The van der Waals surface area contributed by atoms with Gasteiger partial charge in [-0.05, 0) is 48.9 Å². The van der Waals surface area contributed by atoms with Crippen LogP contribution in [0.3, 0.4) is 0 Å². The van der Waals surface area contributed by atoms with Crippen LogP contribution in [0.1, 0.15) is 48.9 Å². The van der Waals surface area contributed by atoms with Crippen LogP contribution in [0.25, 0.3) is 27.5 Å². The molecule has 0 saturated heterocycles. The van der Waals surface area contributed by atoms with Crippen molar-refractivity contribution in [3.8, 4) is 0 Å². The Kier molecular flexibility index (Phi) is 3.16. The zero-order valence-corrected chi connectivity index (χ0v) is 13.5. The summed E-state index contributed by atoms with van der Waals surface area (Å²) >= 11 is 0. The summed E-state index contributed by atoms with van der Waals surface area (Å²) in [5.74, 6) is 0.465. The zero-order chi connectivity index (χ0) is 15.3. The molecule has 21 heavy (non-hydrogen) atoms. The van der Waals surface area contributed by atoms with Crippen LogP contribution >= 0.6 is 0 Å². The Morgan fingerprint density at radius 3 is 2.10 bits per heavy atom. The van der Waals surface area contributed by atoms with Crippen molar-refractivity contribution in [3.63, 3.8) is 0 Å². The first-order valence-electron chi connectivity index (χ1n) is 7.53. The molecule has 1 heteroatoms. The van der Waals surface area contributed by atoms with Crippen molar-refractivity contribution in [2.75, 3.05) is 0 Å². The third kappa shape index (κ3) is 1.99. The minimum absolute atomic E-state index is 0.465. The standard InChI is InChI=1S/C20H22O/c1-11(2)15-9-7-13(5)19-17(15)18-16(12(3)4)10-8-14(6)20(18)21-19/h7-10,12H,1H2,2-6H3. The Balaban J connectivity index is 2.64. The molecular weight excluding hydrogens is 256 g/mol. The number of rotatable bonds is 2. The summed E-state index contributed by atoms with van der Waals surface area (Å²) in [4.78, 5) is 0. The Morgan fingerprint density at radius 1 is 0.952 bits per heavy atom. The average molecular weight is 278 g/mol. The summed E-state index contributed by atoms with van der Waals surface area (Å²) in [5.41, 5.74) is 8.02. The van der Waals surface area contributed by atoms with E-state index >= 15 is 0 Å². The van der Waals surface area contributed by atoms with E-state index in [-0.39, 0.29) is 0 Å². The van der Waals surface area contributed by atoms with Gasteiger partial charge in [-0.15, -0.1) is 0 Å². The first-order chi connectivity index (χ1) is 9.91. The van der Waals surface area contributed by atoms with Crippen molar-refractivity contribution in [2.45, 2.75) is 40.5 Å². The maximum atomic E-state index is 6.25. The molecule has 0 atom stereocenters. The lowest BCUT2D eigenvalue weighted by Crippen LogP contribution is -1.91. The van der Waals surface area contributed by atoms with Crippen LogP contribution < -0.4 is 0 Å². The smallest absolute Gasteiger partial charge is 0.138 e. The highest BCUT2D eigenvalue weighted by Gasteiger charge is 2.19. The van der Waals surface area contributed by atoms with Gasteiger partial charge in [-0.2, -0.15) is 0 Å². The van der Waals surface area contributed by atoms with Gasteiger partial charge in [-0.25, -0.2) is 0 Å². The van der Waals surface area contributed by atoms with Crippen molar-refractivity contribution >= 4 is 27.5 Å². The Bertz CT molecular complexity index is 863. The molecule has 0 aliphatic rings. The maximum Gasteiger partial charge on any atom is 0.138 e. The van der Waals surface area contributed by atoms with Crippen molar-refractivity contribution < 1.29 is 4.42 Å². The summed E-state index contributed by atoms with van der Waals surface area (Å²) in [6.45, 7) is 14.9. The third-order valence-corrected chi connectivity index (χ3v) is 4.28. The number of hydrogen-bond donors (Lipinski definition) is 0. The largest absolute Gasteiger partial charge is 0.455 e. The second-order valence-electron chi connectivity index (χ2n) is 6.35. The second-order valence-corrected chi connectivity index (χ2v) is 6.35. The highest BCUT2D eigenvalue weighted by Crippen LogP contribution is 2.40. The predicted octanol–water partition coefficient (Wildman–Crippen LogP) is 6.36. The van der Waals surface area contributed by atoms with Gasteiger partial charge in [0.2, 0.25) is 0 Å². The molecule has 1 aromatic heterocycles. The first kappa shape index (κ1) is 13.9. The van der Waals surface area contributed by atoms with E-state index in [9.17, 15) is 0 Å². The van der Waals surface area contributed by atoms with Gasteiger partial charge in [0.15, 0.2) is 0 Å². The highest BCUT2D eigenvalue weighted by atomic mass is 16.3. The number of hydrogen-bond acceptors (Lipinski definition) is 1. The van der Waals surface area contributed by atoms with Gasteiger partial charge in [0.1, 0.15) is 11.2 Å². The van der Waals surface area contributed by atoms with Gasteiger partial charge in [0, 0.05) is 10.8 Å². The van der Waals surface area contributed by atoms with Gasteiger partial charge in [-0.1, -0.05) is 50.3 Å². The first-order valence-corrected chi connectivity index (χ1v) is 7.53. The summed E-state index contributed by atoms with van der Waals surface area (Å²) < 4.78 is 6.25. The van der Waals surface area contributed by atoms with Crippen LogP contribution in [0.2, 0.25) is 0 Å². The predicted molar refractivity (Wildman–Crippen MR) is 92.0 cm³/mol. The zero-order valence-electron chi connectivity index (χ0n) is 13.5. The third-order valence-electron chi connectivity index (χ3n) is 4.28. The molecular formula is C20H22O. The lowest BCUT2D eigenvalue weighted by atomic mass is 9.92. The molecule has 3 aromatic rings. The fraction of sp³-hybridized carbons (Fsp3) is 0.300. The van der Waals surface area contributed by atoms with E-state index in [2.05, 4.69) is 65.5 Å². The Labute approximate surface area is 126 Å². The molecule has 0 unspecified atom stereocenters. The van der Waals surface area contributed by atoms with E-state index in [0.717, 1.165) is 16.7 Å². The summed E-state index contributed by atoms with van der Waals surface area (Å²) in [6.07, 6.45) is 0. The van der Waals surface area contributed by atoms with Gasteiger partial charge >= 0.3 is 0 Å². The van der Waals surface area contributed by atoms with Crippen LogP contribution in [-0.4, -0.2) is 0 Å². The normalized spacial score (nSPS) is 11.7. The molecule has 0 amide bonds. The van der Waals surface area contributed by atoms with Crippen LogP contribution in [0.4, 0.5) is 0 Å². The number of fused-ring (bicyclic) bond motifs is 3. The minimum Gasteiger partial charge on any atom is -0.455 e. The molecule has 0 saturated carbocycles. The molecule has 0 N–H and O–H groups in total. The Morgan fingerprint density at radius 2 is 1.52 bits per heavy atom. The monoisotopic (exact) mass is 278 g/mol. The topological polar surface area (TPSA) is 13.1 Å². The SMILES string of the molecule is C=C(C)c1ccc(C)c2oc3c(C)ccc(C(C)C)c3c12. The minimum atomic E-state index is 0.465. The molecule has 0 aliphatic heterocycles. The fourth-order valence-corrected chi connectivity index (χ4v) is 3.10. The van der Waals surface area contributed by atoms with E-state index in [1.807, 2.05) is 0 Å².